The third-order valence-electron chi connectivity index (χ3n) is 2.25. The van der Waals surface area contributed by atoms with Gasteiger partial charge in [0.15, 0.2) is 5.78 Å². The molecule has 15 heavy (non-hydrogen) atoms. The number of nitrogens with zero attached hydrogens (tertiary/aromatic N) is 1. The molecule has 0 radical (unpaired) electrons. The van der Waals surface area contributed by atoms with E-state index in [1.807, 2.05) is 31.2 Å². The minimum absolute atomic E-state index is 0.0677. The lowest BCUT2D eigenvalue weighted by atomic mass is 10.1. The minimum Gasteiger partial charge on any atom is -0.292 e. The van der Waals surface area contributed by atoms with E-state index in [4.69, 9.17) is 0 Å². The van der Waals surface area contributed by atoms with Gasteiger partial charge in [0.2, 0.25) is 0 Å². The Morgan fingerprint density at radius 1 is 1.40 bits per heavy atom. The van der Waals surface area contributed by atoms with Crippen LogP contribution in [0.1, 0.15) is 21.6 Å². The summed E-state index contributed by atoms with van der Waals surface area (Å²) in [4.78, 5) is 11.7. The van der Waals surface area contributed by atoms with Gasteiger partial charge in [-0.1, -0.05) is 29.8 Å². The second kappa shape index (κ2) is 4.09. The van der Waals surface area contributed by atoms with Gasteiger partial charge in [-0.15, -0.1) is 0 Å². The quantitative estimate of drug-likeness (QED) is 0.771. The minimum atomic E-state index is 0.0677. The molecule has 0 amide bonds. The highest BCUT2D eigenvalue weighted by Crippen LogP contribution is 2.07. The van der Waals surface area contributed by atoms with Crippen LogP contribution in [0, 0.1) is 6.92 Å². The first-order chi connectivity index (χ1) is 7.25. The normalized spacial score (nSPS) is 10.2. The molecule has 0 bridgehead atoms. The van der Waals surface area contributed by atoms with E-state index in [2.05, 4.69) is 10.2 Å². The van der Waals surface area contributed by atoms with Crippen molar-refractivity contribution in [2.45, 2.75) is 13.3 Å². The fourth-order valence-corrected chi connectivity index (χ4v) is 1.51. The molecule has 1 N–H and O–H groups in total. The van der Waals surface area contributed by atoms with Crippen LogP contribution < -0.4 is 0 Å². The van der Waals surface area contributed by atoms with E-state index in [1.54, 1.807) is 12.3 Å². The number of carbonyl (C=O) groups excluding carboxylic acids is 1. The maximum atomic E-state index is 11.7. The molecule has 0 aliphatic rings. The summed E-state index contributed by atoms with van der Waals surface area (Å²) < 4.78 is 0. The number of H-pyrrole nitrogens is 1. The summed E-state index contributed by atoms with van der Waals surface area (Å²) in [5.74, 6) is 0.0677. The lowest BCUT2D eigenvalue weighted by Crippen LogP contribution is -2.04. The Balaban J connectivity index is 2.13. The van der Waals surface area contributed by atoms with Crippen molar-refractivity contribution < 1.29 is 4.79 Å². The molecule has 0 saturated heterocycles. The molecule has 0 atom stereocenters. The van der Waals surface area contributed by atoms with Gasteiger partial charge in [0.1, 0.15) is 5.69 Å². The highest BCUT2D eigenvalue weighted by molar-refractivity contribution is 5.95. The molecule has 2 rings (SSSR count). The number of rotatable bonds is 3. The predicted molar refractivity (Wildman–Crippen MR) is 57.8 cm³/mol. The SMILES string of the molecule is Cc1cccc(CC(=O)c2ccn[nH]2)c1. The number of nitrogens with one attached hydrogen (secondary N) is 1. The highest BCUT2D eigenvalue weighted by atomic mass is 16.1. The van der Waals surface area contributed by atoms with Gasteiger partial charge in [-0.3, -0.25) is 9.89 Å². The van der Waals surface area contributed by atoms with E-state index >= 15 is 0 Å². The first-order valence-electron chi connectivity index (χ1n) is 4.84. The predicted octanol–water partition coefficient (Wildman–Crippen LogP) is 2.14. The van der Waals surface area contributed by atoms with Crippen LogP contribution in [-0.4, -0.2) is 16.0 Å². The average Bonchev–Trinajstić information content (AvgIpc) is 2.70. The summed E-state index contributed by atoms with van der Waals surface area (Å²) in [6.45, 7) is 2.02. The molecule has 3 nitrogen and oxygen atoms in total. The largest absolute Gasteiger partial charge is 0.292 e. The standard InChI is InChI=1S/C12H12N2O/c1-9-3-2-4-10(7-9)8-12(15)11-5-6-13-14-11/h2-7H,8H2,1H3,(H,13,14). The summed E-state index contributed by atoms with van der Waals surface area (Å²) in [6.07, 6.45) is 2.01. The zero-order valence-electron chi connectivity index (χ0n) is 8.53. The molecule has 76 valence electrons. The highest BCUT2D eigenvalue weighted by Gasteiger charge is 2.07. The Morgan fingerprint density at radius 2 is 2.27 bits per heavy atom. The van der Waals surface area contributed by atoms with E-state index in [9.17, 15) is 4.79 Å². The molecule has 0 aliphatic carbocycles. The monoisotopic (exact) mass is 200 g/mol. The summed E-state index contributed by atoms with van der Waals surface area (Å²) in [5, 5.41) is 6.43. The molecule has 1 heterocycles. The number of aryl methyl sites for hydroxylation is 1. The number of Topliss-reactive ketones (excluding diaryl/α,β-unsaturated/α-hetero) is 1. The maximum absolute atomic E-state index is 11.7. The van der Waals surface area contributed by atoms with Crippen molar-refractivity contribution in [2.75, 3.05) is 0 Å². The molecule has 0 fully saturated rings. The number of hydrogen-bond donors (Lipinski definition) is 1. The van der Waals surface area contributed by atoms with Crippen molar-refractivity contribution in [3.05, 3.63) is 53.3 Å². The van der Waals surface area contributed by atoms with Crippen molar-refractivity contribution in [2.24, 2.45) is 0 Å². The van der Waals surface area contributed by atoms with Gasteiger partial charge in [-0.05, 0) is 18.6 Å². The Bertz CT molecular complexity index is 460. The fourth-order valence-electron chi connectivity index (χ4n) is 1.51. The van der Waals surface area contributed by atoms with Gasteiger partial charge in [0.25, 0.3) is 0 Å². The van der Waals surface area contributed by atoms with Crippen LogP contribution in [0.5, 0.6) is 0 Å². The molecule has 1 aromatic carbocycles. The molecular formula is C12H12N2O. The average molecular weight is 200 g/mol. The lowest BCUT2D eigenvalue weighted by molar-refractivity contribution is 0.0988. The third kappa shape index (κ3) is 2.31. The van der Waals surface area contributed by atoms with Gasteiger partial charge in [-0.2, -0.15) is 5.10 Å². The molecule has 0 spiro atoms. The van der Waals surface area contributed by atoms with E-state index in [0.29, 0.717) is 12.1 Å². The van der Waals surface area contributed by atoms with Crippen molar-refractivity contribution in [3.63, 3.8) is 0 Å². The fraction of sp³-hybridized carbons (Fsp3) is 0.167. The second-order valence-electron chi connectivity index (χ2n) is 3.56. The third-order valence-corrected chi connectivity index (χ3v) is 2.25. The van der Waals surface area contributed by atoms with Gasteiger partial charge in [0.05, 0.1) is 0 Å². The van der Waals surface area contributed by atoms with E-state index in [1.165, 1.54) is 5.56 Å². The number of benzene rings is 1. The number of hydrogen-bond acceptors (Lipinski definition) is 2. The zero-order valence-corrected chi connectivity index (χ0v) is 8.53. The van der Waals surface area contributed by atoms with Crippen LogP contribution in [0.15, 0.2) is 36.5 Å². The van der Waals surface area contributed by atoms with Gasteiger partial charge in [-0.25, -0.2) is 0 Å². The summed E-state index contributed by atoms with van der Waals surface area (Å²) >= 11 is 0. The van der Waals surface area contributed by atoms with Gasteiger partial charge < -0.3 is 0 Å². The Hall–Kier alpha value is -1.90. The van der Waals surface area contributed by atoms with E-state index in [0.717, 1.165) is 5.56 Å². The van der Waals surface area contributed by atoms with Gasteiger partial charge >= 0.3 is 0 Å². The molecule has 0 unspecified atom stereocenters. The molecular weight excluding hydrogens is 188 g/mol. The Labute approximate surface area is 88.1 Å². The molecule has 1 aromatic heterocycles. The van der Waals surface area contributed by atoms with E-state index < -0.39 is 0 Å². The van der Waals surface area contributed by atoms with Crippen LogP contribution in [0.25, 0.3) is 0 Å². The molecule has 2 aromatic rings. The van der Waals surface area contributed by atoms with Crippen molar-refractivity contribution >= 4 is 5.78 Å². The van der Waals surface area contributed by atoms with E-state index in [-0.39, 0.29) is 5.78 Å². The number of aromatic amines is 1. The Morgan fingerprint density at radius 3 is 2.93 bits per heavy atom. The zero-order chi connectivity index (χ0) is 10.7. The first-order valence-corrected chi connectivity index (χ1v) is 4.84. The number of ketones is 1. The number of carbonyl (C=O) groups is 1. The van der Waals surface area contributed by atoms with Crippen LogP contribution in [-0.2, 0) is 6.42 Å². The lowest BCUT2D eigenvalue weighted by Gasteiger charge is -2.00. The first kappa shape index (κ1) is 9.65. The van der Waals surface area contributed by atoms with Crippen LogP contribution >= 0.6 is 0 Å². The molecule has 0 saturated carbocycles. The van der Waals surface area contributed by atoms with Crippen molar-refractivity contribution in [1.29, 1.82) is 0 Å². The topological polar surface area (TPSA) is 45.8 Å². The Kier molecular flexibility index (Phi) is 2.63. The number of aromatic nitrogens is 2. The maximum Gasteiger partial charge on any atom is 0.184 e. The molecule has 0 aliphatic heterocycles. The summed E-state index contributed by atoms with van der Waals surface area (Å²) in [6, 6.07) is 9.66. The van der Waals surface area contributed by atoms with Crippen LogP contribution in [0.4, 0.5) is 0 Å². The van der Waals surface area contributed by atoms with Crippen molar-refractivity contribution in [3.8, 4) is 0 Å². The van der Waals surface area contributed by atoms with Crippen LogP contribution in [0.3, 0.4) is 0 Å². The van der Waals surface area contributed by atoms with Crippen LogP contribution in [0.2, 0.25) is 0 Å². The summed E-state index contributed by atoms with van der Waals surface area (Å²) in [5.41, 5.74) is 2.77. The molecule has 3 heteroatoms. The summed E-state index contributed by atoms with van der Waals surface area (Å²) in [7, 11) is 0. The van der Waals surface area contributed by atoms with Crippen molar-refractivity contribution in [1.82, 2.24) is 10.2 Å². The smallest absolute Gasteiger partial charge is 0.184 e. The van der Waals surface area contributed by atoms with Gasteiger partial charge in [0, 0.05) is 12.6 Å². The second-order valence-corrected chi connectivity index (χ2v) is 3.56.